The molecule has 2 N–H and O–H groups in total. The summed E-state index contributed by atoms with van der Waals surface area (Å²) in [5.41, 5.74) is 0.585. The lowest BCUT2D eigenvalue weighted by Gasteiger charge is -2.23. The zero-order valence-electron chi connectivity index (χ0n) is 11.4. The van der Waals surface area contributed by atoms with Crippen molar-refractivity contribution in [2.75, 3.05) is 20.1 Å². The van der Waals surface area contributed by atoms with Gasteiger partial charge < -0.3 is 15.3 Å². The highest BCUT2D eigenvalue weighted by Gasteiger charge is 2.19. The van der Waals surface area contributed by atoms with Crippen LogP contribution in [0.4, 0.5) is 0 Å². The first-order valence-corrected chi connectivity index (χ1v) is 6.94. The zero-order chi connectivity index (χ0) is 13.7. The van der Waals surface area contributed by atoms with E-state index >= 15 is 0 Å². The normalized spacial score (nSPS) is 15.9. The summed E-state index contributed by atoms with van der Waals surface area (Å²) >= 11 is 0. The molecule has 1 aliphatic rings. The molecule has 1 amide bonds. The fourth-order valence-corrected chi connectivity index (χ4v) is 2.59. The van der Waals surface area contributed by atoms with Crippen LogP contribution in [0.1, 0.15) is 36.0 Å². The Morgan fingerprint density at radius 3 is 2.58 bits per heavy atom. The largest absolute Gasteiger partial charge is 0.508 e. The van der Waals surface area contributed by atoms with Crippen LogP contribution in [0.3, 0.4) is 0 Å². The van der Waals surface area contributed by atoms with Gasteiger partial charge in [-0.2, -0.15) is 0 Å². The van der Waals surface area contributed by atoms with Gasteiger partial charge in [0.15, 0.2) is 0 Å². The molecule has 2 rings (SSSR count). The van der Waals surface area contributed by atoms with Crippen molar-refractivity contribution < 1.29 is 9.90 Å². The Hall–Kier alpha value is -1.55. The number of carbonyl (C=O) groups excluding carboxylic acids is 1. The van der Waals surface area contributed by atoms with Gasteiger partial charge >= 0.3 is 0 Å². The molecule has 0 radical (unpaired) electrons. The number of phenols is 1. The van der Waals surface area contributed by atoms with E-state index in [1.54, 1.807) is 12.1 Å². The Morgan fingerprint density at radius 2 is 1.95 bits per heavy atom. The number of phenolic OH excluding ortho intramolecular Hbond substituents is 1. The van der Waals surface area contributed by atoms with Crippen molar-refractivity contribution in [2.45, 2.75) is 31.7 Å². The molecule has 0 bridgehead atoms. The monoisotopic (exact) mass is 262 g/mol. The third-order valence-corrected chi connectivity index (χ3v) is 3.83. The number of amides is 1. The lowest BCUT2D eigenvalue weighted by atomic mass is 10.2. The molecule has 0 atom stereocenters. The summed E-state index contributed by atoms with van der Waals surface area (Å²) in [7, 11) is 2.13. The van der Waals surface area contributed by atoms with Crippen LogP contribution in [0.25, 0.3) is 0 Å². The topological polar surface area (TPSA) is 52.6 Å². The minimum absolute atomic E-state index is 0.0835. The molecule has 0 heterocycles. The Kier molecular flexibility index (Phi) is 4.80. The van der Waals surface area contributed by atoms with Gasteiger partial charge in [-0.05, 0) is 44.2 Å². The number of rotatable bonds is 5. The molecular weight excluding hydrogens is 240 g/mol. The summed E-state index contributed by atoms with van der Waals surface area (Å²) in [6, 6.07) is 7.00. The predicted octanol–water partition coefficient (Wildman–Crippen LogP) is 2.00. The van der Waals surface area contributed by atoms with Crippen molar-refractivity contribution in [2.24, 2.45) is 0 Å². The average Bonchev–Trinajstić information content (AvgIpc) is 2.93. The van der Waals surface area contributed by atoms with Crippen LogP contribution >= 0.6 is 0 Å². The molecule has 19 heavy (non-hydrogen) atoms. The molecule has 4 nitrogen and oxygen atoms in total. The molecule has 1 saturated carbocycles. The third-order valence-electron chi connectivity index (χ3n) is 3.83. The van der Waals surface area contributed by atoms with Crippen LogP contribution in [0.5, 0.6) is 5.75 Å². The van der Waals surface area contributed by atoms with Crippen LogP contribution in [-0.2, 0) is 0 Å². The van der Waals surface area contributed by atoms with E-state index in [2.05, 4.69) is 17.3 Å². The minimum atomic E-state index is -0.0835. The van der Waals surface area contributed by atoms with E-state index in [0.29, 0.717) is 18.2 Å². The van der Waals surface area contributed by atoms with Gasteiger partial charge in [0, 0.05) is 24.7 Å². The lowest BCUT2D eigenvalue weighted by Crippen LogP contribution is -2.37. The van der Waals surface area contributed by atoms with Gasteiger partial charge in [-0.1, -0.05) is 12.8 Å². The predicted molar refractivity (Wildman–Crippen MR) is 75.3 cm³/mol. The van der Waals surface area contributed by atoms with E-state index in [4.69, 9.17) is 0 Å². The number of nitrogens with zero attached hydrogens (tertiary/aromatic N) is 1. The van der Waals surface area contributed by atoms with Crippen LogP contribution < -0.4 is 5.32 Å². The summed E-state index contributed by atoms with van der Waals surface area (Å²) < 4.78 is 0. The van der Waals surface area contributed by atoms with Crippen LogP contribution in [0.15, 0.2) is 24.3 Å². The van der Waals surface area contributed by atoms with Crippen LogP contribution in [0, 0.1) is 0 Å². The Labute approximate surface area is 114 Å². The zero-order valence-corrected chi connectivity index (χ0v) is 11.4. The first kappa shape index (κ1) is 13.9. The quantitative estimate of drug-likeness (QED) is 0.853. The number of likely N-dealkylation sites (N-methyl/N-ethyl adjacent to an activating group) is 1. The molecule has 0 aliphatic heterocycles. The standard InChI is InChI=1S/C15H22N2O2/c1-17(13-4-2-3-5-13)11-10-16-15(19)12-6-8-14(18)9-7-12/h6-9,13,18H,2-5,10-11H2,1H3,(H,16,19). The molecule has 0 unspecified atom stereocenters. The number of hydrogen-bond acceptors (Lipinski definition) is 3. The fraction of sp³-hybridized carbons (Fsp3) is 0.533. The van der Waals surface area contributed by atoms with Gasteiger partial charge in [-0.25, -0.2) is 0 Å². The summed E-state index contributed by atoms with van der Waals surface area (Å²) in [6.07, 6.45) is 5.22. The third kappa shape index (κ3) is 3.96. The SMILES string of the molecule is CN(CCNC(=O)c1ccc(O)cc1)C1CCCC1. The second-order valence-electron chi connectivity index (χ2n) is 5.22. The maximum atomic E-state index is 11.8. The number of benzene rings is 1. The number of aromatic hydroxyl groups is 1. The van der Waals surface area contributed by atoms with E-state index in [1.165, 1.54) is 37.8 Å². The molecule has 1 aromatic rings. The number of nitrogens with one attached hydrogen (secondary N) is 1. The molecule has 0 aromatic heterocycles. The maximum absolute atomic E-state index is 11.8. The lowest BCUT2D eigenvalue weighted by molar-refractivity contribution is 0.0947. The molecule has 4 heteroatoms. The maximum Gasteiger partial charge on any atom is 0.251 e. The number of hydrogen-bond donors (Lipinski definition) is 2. The molecule has 1 aliphatic carbocycles. The molecular formula is C15H22N2O2. The van der Waals surface area contributed by atoms with Crippen molar-refractivity contribution in [3.63, 3.8) is 0 Å². The minimum Gasteiger partial charge on any atom is -0.508 e. The molecule has 0 spiro atoms. The summed E-state index contributed by atoms with van der Waals surface area (Å²) in [6.45, 7) is 1.54. The highest BCUT2D eigenvalue weighted by atomic mass is 16.3. The highest BCUT2D eigenvalue weighted by molar-refractivity contribution is 5.94. The van der Waals surface area contributed by atoms with Gasteiger partial charge in [-0.15, -0.1) is 0 Å². The van der Waals surface area contributed by atoms with Crippen molar-refractivity contribution >= 4 is 5.91 Å². The van der Waals surface area contributed by atoms with E-state index < -0.39 is 0 Å². The van der Waals surface area contributed by atoms with Gasteiger partial charge in [0.05, 0.1) is 0 Å². The van der Waals surface area contributed by atoms with Gasteiger partial charge in [-0.3, -0.25) is 4.79 Å². The molecule has 1 fully saturated rings. The van der Waals surface area contributed by atoms with Gasteiger partial charge in [0.25, 0.3) is 5.91 Å². The molecule has 104 valence electrons. The highest BCUT2D eigenvalue weighted by Crippen LogP contribution is 2.21. The molecule has 0 saturated heterocycles. The fourth-order valence-electron chi connectivity index (χ4n) is 2.59. The average molecular weight is 262 g/mol. The van der Waals surface area contributed by atoms with Crippen LogP contribution in [0.2, 0.25) is 0 Å². The summed E-state index contributed by atoms with van der Waals surface area (Å²) in [5.74, 6) is 0.0948. The van der Waals surface area contributed by atoms with E-state index in [0.717, 1.165) is 6.54 Å². The molecule has 1 aromatic carbocycles. The van der Waals surface area contributed by atoms with Gasteiger partial charge in [0.2, 0.25) is 0 Å². The summed E-state index contributed by atoms with van der Waals surface area (Å²) in [4.78, 5) is 14.2. The smallest absolute Gasteiger partial charge is 0.251 e. The van der Waals surface area contributed by atoms with E-state index in [-0.39, 0.29) is 11.7 Å². The second kappa shape index (κ2) is 6.57. The summed E-state index contributed by atoms with van der Waals surface area (Å²) in [5, 5.41) is 12.1. The number of carbonyl (C=O) groups is 1. The van der Waals surface area contributed by atoms with Gasteiger partial charge in [0.1, 0.15) is 5.75 Å². The first-order valence-electron chi connectivity index (χ1n) is 6.94. The van der Waals surface area contributed by atoms with Crippen molar-refractivity contribution in [3.8, 4) is 5.75 Å². The Balaban J connectivity index is 1.73. The van der Waals surface area contributed by atoms with Crippen LogP contribution in [-0.4, -0.2) is 42.1 Å². The second-order valence-corrected chi connectivity index (χ2v) is 5.22. The first-order chi connectivity index (χ1) is 9.16. The van der Waals surface area contributed by atoms with E-state index in [1.807, 2.05) is 0 Å². The Morgan fingerprint density at radius 1 is 1.32 bits per heavy atom. The Bertz CT molecular complexity index is 411. The van der Waals surface area contributed by atoms with E-state index in [9.17, 15) is 9.90 Å². The van der Waals surface area contributed by atoms with Crippen molar-refractivity contribution in [1.29, 1.82) is 0 Å². The van der Waals surface area contributed by atoms with Crippen molar-refractivity contribution in [3.05, 3.63) is 29.8 Å². The van der Waals surface area contributed by atoms with Crippen molar-refractivity contribution in [1.82, 2.24) is 10.2 Å².